The number of amides is 1. The number of H-pyrrole nitrogens is 1. The van der Waals surface area contributed by atoms with Crippen LogP contribution in [0.3, 0.4) is 0 Å². The average molecular weight is 289 g/mol. The lowest BCUT2D eigenvalue weighted by Gasteiger charge is -2.26. The van der Waals surface area contributed by atoms with E-state index in [1.54, 1.807) is 10.7 Å². The maximum absolute atomic E-state index is 12.5. The average Bonchev–Trinajstić information content (AvgIpc) is 2.85. The second-order valence-electron chi connectivity index (χ2n) is 7.47. The fourth-order valence-corrected chi connectivity index (χ4v) is 4.47. The van der Waals surface area contributed by atoms with Crippen LogP contribution in [0.2, 0.25) is 0 Å². The summed E-state index contributed by atoms with van der Waals surface area (Å²) in [5, 5.41) is 3.09. The Hall–Kier alpha value is -1.52. The van der Waals surface area contributed by atoms with Gasteiger partial charge >= 0.3 is 0 Å². The number of aromatic amines is 1. The Morgan fingerprint density at radius 1 is 1.38 bits per heavy atom. The second kappa shape index (κ2) is 4.49. The van der Waals surface area contributed by atoms with E-state index in [9.17, 15) is 9.59 Å². The number of likely N-dealkylation sites (tertiary alicyclic amines) is 1. The van der Waals surface area contributed by atoms with Gasteiger partial charge in [0.25, 0.3) is 5.56 Å². The van der Waals surface area contributed by atoms with Crippen LogP contribution in [-0.4, -0.2) is 33.2 Å². The summed E-state index contributed by atoms with van der Waals surface area (Å²) in [5.41, 5.74) is 0.720. The first-order chi connectivity index (χ1) is 10.0. The van der Waals surface area contributed by atoms with Gasteiger partial charge in [-0.25, -0.2) is 0 Å². The molecule has 5 nitrogen and oxygen atoms in total. The van der Waals surface area contributed by atoms with Gasteiger partial charge in [0, 0.05) is 30.9 Å². The molecule has 1 N–H and O–H groups in total. The number of carbonyl (C=O) groups is 1. The van der Waals surface area contributed by atoms with Crippen molar-refractivity contribution < 1.29 is 4.79 Å². The molecule has 1 aromatic rings. The van der Waals surface area contributed by atoms with Crippen molar-refractivity contribution in [3.63, 3.8) is 0 Å². The van der Waals surface area contributed by atoms with Crippen molar-refractivity contribution in [3.05, 3.63) is 22.1 Å². The molecule has 1 aromatic heterocycles. The fraction of sp³-hybridized carbons (Fsp3) is 0.750. The zero-order valence-corrected chi connectivity index (χ0v) is 12.7. The van der Waals surface area contributed by atoms with Crippen LogP contribution in [0.5, 0.6) is 0 Å². The van der Waals surface area contributed by atoms with Gasteiger partial charge in [-0.15, -0.1) is 0 Å². The largest absolute Gasteiger partial charge is 0.339 e. The summed E-state index contributed by atoms with van der Waals surface area (Å²) in [6.45, 7) is 5.77. The highest BCUT2D eigenvalue weighted by Gasteiger charge is 2.61. The summed E-state index contributed by atoms with van der Waals surface area (Å²) < 4.78 is 1.61. The predicted molar refractivity (Wildman–Crippen MR) is 78.8 cm³/mol. The zero-order chi connectivity index (χ0) is 14.7. The second-order valence-corrected chi connectivity index (χ2v) is 7.47. The number of carbonyl (C=O) groups excluding carboxylic acids is 1. The number of hydrogen-bond donors (Lipinski definition) is 1. The molecule has 0 spiro atoms. The molecule has 2 aliphatic carbocycles. The SMILES string of the molecule is CC(C)Cn1[nH]c(CC(=O)N2C[C@@H]3C[C@H]2[C@H]2C[C@@H]32)cc1=O. The van der Waals surface area contributed by atoms with Gasteiger partial charge in [-0.2, -0.15) is 0 Å². The third kappa shape index (κ3) is 2.14. The quantitative estimate of drug-likeness (QED) is 0.906. The highest BCUT2D eigenvalue weighted by Crippen LogP contribution is 2.61. The van der Waals surface area contributed by atoms with E-state index < -0.39 is 0 Å². The Bertz CT molecular complexity index is 630. The highest BCUT2D eigenvalue weighted by molar-refractivity contribution is 5.79. The number of nitrogens with one attached hydrogen (secondary N) is 1. The Kier molecular flexibility index (Phi) is 2.81. The lowest BCUT2D eigenvalue weighted by atomic mass is 10.1. The summed E-state index contributed by atoms with van der Waals surface area (Å²) in [4.78, 5) is 26.5. The van der Waals surface area contributed by atoms with Crippen molar-refractivity contribution in [2.45, 2.75) is 45.7 Å². The molecular formula is C16H23N3O2. The molecule has 4 rings (SSSR count). The van der Waals surface area contributed by atoms with Gasteiger partial charge < -0.3 is 4.90 Å². The number of fused-ring (bicyclic) bond motifs is 5. The maximum atomic E-state index is 12.5. The molecule has 21 heavy (non-hydrogen) atoms. The molecule has 2 saturated carbocycles. The van der Waals surface area contributed by atoms with Crippen molar-refractivity contribution in [1.82, 2.24) is 14.7 Å². The van der Waals surface area contributed by atoms with E-state index in [1.807, 2.05) is 0 Å². The van der Waals surface area contributed by atoms with Gasteiger partial charge in [-0.1, -0.05) is 13.8 Å². The molecule has 3 fully saturated rings. The molecule has 2 heterocycles. The van der Waals surface area contributed by atoms with Gasteiger partial charge in [0.2, 0.25) is 5.91 Å². The first kappa shape index (κ1) is 13.2. The van der Waals surface area contributed by atoms with Crippen LogP contribution in [0.1, 0.15) is 32.4 Å². The van der Waals surface area contributed by atoms with Crippen molar-refractivity contribution in [1.29, 1.82) is 0 Å². The monoisotopic (exact) mass is 289 g/mol. The summed E-state index contributed by atoms with van der Waals surface area (Å²) in [6, 6.07) is 2.08. The minimum absolute atomic E-state index is 0.0308. The summed E-state index contributed by atoms with van der Waals surface area (Å²) in [5.74, 6) is 3.06. The summed E-state index contributed by atoms with van der Waals surface area (Å²) in [7, 11) is 0. The topological polar surface area (TPSA) is 58.1 Å². The minimum Gasteiger partial charge on any atom is -0.339 e. The lowest BCUT2D eigenvalue weighted by molar-refractivity contribution is -0.132. The molecule has 0 aromatic carbocycles. The van der Waals surface area contributed by atoms with Crippen LogP contribution < -0.4 is 5.56 Å². The molecule has 1 saturated heterocycles. The number of nitrogens with zero attached hydrogens (tertiary/aromatic N) is 2. The van der Waals surface area contributed by atoms with Crippen molar-refractivity contribution in [3.8, 4) is 0 Å². The summed E-state index contributed by atoms with van der Waals surface area (Å²) >= 11 is 0. The molecule has 1 aliphatic heterocycles. The molecule has 5 heteroatoms. The first-order valence-electron chi connectivity index (χ1n) is 8.11. The lowest BCUT2D eigenvalue weighted by Crippen LogP contribution is -2.40. The van der Waals surface area contributed by atoms with E-state index in [1.165, 1.54) is 12.8 Å². The Balaban J connectivity index is 1.44. The Morgan fingerprint density at radius 3 is 2.86 bits per heavy atom. The van der Waals surface area contributed by atoms with Gasteiger partial charge in [0.1, 0.15) is 0 Å². The first-order valence-corrected chi connectivity index (χ1v) is 8.11. The van der Waals surface area contributed by atoms with Gasteiger partial charge in [-0.05, 0) is 36.5 Å². The maximum Gasteiger partial charge on any atom is 0.266 e. The molecule has 0 unspecified atom stereocenters. The van der Waals surface area contributed by atoms with E-state index in [0.717, 1.165) is 30.0 Å². The zero-order valence-electron chi connectivity index (χ0n) is 12.7. The van der Waals surface area contributed by atoms with Crippen LogP contribution >= 0.6 is 0 Å². The predicted octanol–water partition coefficient (Wildman–Crippen LogP) is 1.24. The van der Waals surface area contributed by atoms with Crippen LogP contribution in [0.4, 0.5) is 0 Å². The normalized spacial score (nSPS) is 32.8. The molecule has 4 atom stereocenters. The van der Waals surface area contributed by atoms with Crippen molar-refractivity contribution >= 4 is 5.91 Å². The van der Waals surface area contributed by atoms with E-state index >= 15 is 0 Å². The smallest absolute Gasteiger partial charge is 0.266 e. The molecular weight excluding hydrogens is 266 g/mol. The van der Waals surface area contributed by atoms with Crippen molar-refractivity contribution in [2.75, 3.05) is 6.54 Å². The number of piperidine rings is 1. The molecule has 3 aliphatic rings. The van der Waals surface area contributed by atoms with Gasteiger partial charge in [0.05, 0.1) is 6.42 Å². The van der Waals surface area contributed by atoms with Crippen LogP contribution in [0, 0.1) is 23.7 Å². The Morgan fingerprint density at radius 2 is 2.19 bits per heavy atom. The fourth-order valence-electron chi connectivity index (χ4n) is 4.47. The van der Waals surface area contributed by atoms with Crippen molar-refractivity contribution in [2.24, 2.45) is 23.7 Å². The third-order valence-electron chi connectivity index (χ3n) is 5.42. The molecule has 2 bridgehead atoms. The van der Waals surface area contributed by atoms with E-state index in [4.69, 9.17) is 0 Å². The van der Waals surface area contributed by atoms with Crippen LogP contribution in [-0.2, 0) is 17.8 Å². The van der Waals surface area contributed by atoms with Crippen LogP contribution in [0.25, 0.3) is 0 Å². The van der Waals surface area contributed by atoms with E-state index in [2.05, 4.69) is 23.8 Å². The van der Waals surface area contributed by atoms with Crippen LogP contribution in [0.15, 0.2) is 10.9 Å². The number of aromatic nitrogens is 2. The molecule has 114 valence electrons. The highest BCUT2D eigenvalue weighted by atomic mass is 16.2. The summed E-state index contributed by atoms with van der Waals surface area (Å²) in [6.07, 6.45) is 2.88. The molecule has 1 amide bonds. The number of hydrogen-bond acceptors (Lipinski definition) is 2. The Labute approximate surface area is 124 Å². The van der Waals surface area contributed by atoms with E-state index in [-0.39, 0.29) is 11.5 Å². The van der Waals surface area contributed by atoms with E-state index in [0.29, 0.717) is 24.9 Å². The van der Waals surface area contributed by atoms with Gasteiger partial charge in [0.15, 0.2) is 0 Å². The molecule has 0 radical (unpaired) electrons. The number of rotatable bonds is 4. The third-order valence-corrected chi connectivity index (χ3v) is 5.42. The minimum atomic E-state index is -0.0308. The van der Waals surface area contributed by atoms with Gasteiger partial charge in [-0.3, -0.25) is 19.4 Å². The standard InChI is InChI=1S/C16H23N3O2/c1-9(2)7-19-16(21)5-11(17-19)4-15(20)18-8-10-3-14(18)13-6-12(10)13/h5,9-10,12-14,17H,3-4,6-8H2,1-2H3/t10-,12-,13-,14-/m0/s1.